The lowest BCUT2D eigenvalue weighted by molar-refractivity contribution is -0.135. The zero-order valence-corrected chi connectivity index (χ0v) is 14.9. The number of carbonyl (C=O) groups is 2. The maximum Gasteiger partial charge on any atom is 0.409 e. The van der Waals surface area contributed by atoms with Crippen molar-refractivity contribution in [3.8, 4) is 0 Å². The van der Waals surface area contributed by atoms with E-state index in [-0.39, 0.29) is 17.9 Å². The molecule has 138 valence electrons. The van der Waals surface area contributed by atoms with Crippen LogP contribution in [0.2, 0.25) is 0 Å². The van der Waals surface area contributed by atoms with Gasteiger partial charge in [-0.2, -0.15) is 5.10 Å². The normalized spacial score (nSPS) is 24.6. The number of amidine groups is 1. The van der Waals surface area contributed by atoms with E-state index >= 15 is 0 Å². The Morgan fingerprint density at radius 3 is 2.60 bits per heavy atom. The smallest absolute Gasteiger partial charge is 0.409 e. The molecule has 0 aromatic carbocycles. The molecule has 0 saturated carbocycles. The SMILES string of the molecule is COC(=O)N1CCCCN(C(=O)C2CCN(C3=NN=CCC3)C2)CC1. The van der Waals surface area contributed by atoms with Crippen molar-refractivity contribution in [2.45, 2.75) is 32.1 Å². The third-order valence-electron chi connectivity index (χ3n) is 5.14. The number of carbonyl (C=O) groups excluding carboxylic acids is 2. The van der Waals surface area contributed by atoms with E-state index in [1.54, 1.807) is 4.90 Å². The summed E-state index contributed by atoms with van der Waals surface area (Å²) in [5.74, 6) is 1.22. The molecule has 3 aliphatic heterocycles. The minimum Gasteiger partial charge on any atom is -0.453 e. The van der Waals surface area contributed by atoms with Crippen LogP contribution in [0.3, 0.4) is 0 Å². The number of likely N-dealkylation sites (tertiary alicyclic amines) is 1. The molecule has 2 amide bonds. The topological polar surface area (TPSA) is 77.8 Å². The van der Waals surface area contributed by atoms with Crippen LogP contribution in [0.5, 0.6) is 0 Å². The van der Waals surface area contributed by atoms with Crippen LogP contribution in [0.15, 0.2) is 10.2 Å². The number of hydrogen-bond acceptors (Lipinski definition) is 6. The first-order valence-electron chi connectivity index (χ1n) is 9.14. The maximum atomic E-state index is 12.9. The van der Waals surface area contributed by atoms with Gasteiger partial charge in [-0.15, -0.1) is 5.10 Å². The summed E-state index contributed by atoms with van der Waals surface area (Å²) >= 11 is 0. The predicted octanol–water partition coefficient (Wildman–Crippen LogP) is 1.18. The van der Waals surface area contributed by atoms with Gasteiger partial charge in [0.2, 0.25) is 5.91 Å². The Morgan fingerprint density at radius 1 is 1.12 bits per heavy atom. The lowest BCUT2D eigenvalue weighted by atomic mass is 10.1. The molecular weight excluding hydrogens is 322 g/mol. The van der Waals surface area contributed by atoms with E-state index in [1.165, 1.54) is 7.11 Å². The van der Waals surface area contributed by atoms with Crippen molar-refractivity contribution in [3.05, 3.63) is 0 Å². The van der Waals surface area contributed by atoms with Crippen molar-refractivity contribution in [3.63, 3.8) is 0 Å². The van der Waals surface area contributed by atoms with Crippen LogP contribution < -0.4 is 0 Å². The van der Waals surface area contributed by atoms with E-state index < -0.39 is 0 Å². The fraction of sp³-hybridized carbons (Fsp3) is 0.765. The number of amides is 2. The molecule has 1 unspecified atom stereocenters. The summed E-state index contributed by atoms with van der Waals surface area (Å²) in [5.41, 5.74) is 0. The van der Waals surface area contributed by atoms with Crippen LogP contribution >= 0.6 is 0 Å². The molecule has 8 nitrogen and oxygen atoms in total. The van der Waals surface area contributed by atoms with Crippen molar-refractivity contribution in [1.29, 1.82) is 0 Å². The molecule has 0 spiro atoms. The maximum absolute atomic E-state index is 12.9. The lowest BCUT2D eigenvalue weighted by Gasteiger charge is -2.31. The first-order chi connectivity index (χ1) is 12.2. The summed E-state index contributed by atoms with van der Waals surface area (Å²) in [6.07, 6.45) is 6.01. The van der Waals surface area contributed by atoms with E-state index in [0.29, 0.717) is 19.6 Å². The summed E-state index contributed by atoms with van der Waals surface area (Å²) in [6, 6.07) is 0. The minimum atomic E-state index is -0.308. The molecule has 2 fully saturated rings. The first-order valence-corrected chi connectivity index (χ1v) is 9.14. The highest BCUT2D eigenvalue weighted by atomic mass is 16.5. The van der Waals surface area contributed by atoms with Gasteiger partial charge in [0.15, 0.2) is 0 Å². The Labute approximate surface area is 148 Å². The highest BCUT2D eigenvalue weighted by Gasteiger charge is 2.33. The lowest BCUT2D eigenvalue weighted by Crippen LogP contribution is -2.46. The molecule has 0 aromatic heterocycles. The largest absolute Gasteiger partial charge is 0.453 e. The third-order valence-corrected chi connectivity index (χ3v) is 5.14. The van der Waals surface area contributed by atoms with Crippen molar-refractivity contribution < 1.29 is 14.3 Å². The summed E-state index contributed by atoms with van der Waals surface area (Å²) in [5, 5.41) is 8.21. The highest BCUT2D eigenvalue weighted by Crippen LogP contribution is 2.22. The third kappa shape index (κ3) is 4.29. The summed E-state index contributed by atoms with van der Waals surface area (Å²) in [6.45, 7) is 4.19. The van der Waals surface area contributed by atoms with E-state index in [2.05, 4.69) is 15.1 Å². The van der Waals surface area contributed by atoms with E-state index in [1.807, 2.05) is 11.1 Å². The second kappa shape index (κ2) is 8.31. The van der Waals surface area contributed by atoms with Gasteiger partial charge in [0.1, 0.15) is 5.84 Å². The van der Waals surface area contributed by atoms with E-state index in [9.17, 15) is 9.59 Å². The molecule has 3 aliphatic rings. The van der Waals surface area contributed by atoms with Crippen molar-refractivity contribution in [1.82, 2.24) is 14.7 Å². The van der Waals surface area contributed by atoms with Gasteiger partial charge in [-0.05, 0) is 25.7 Å². The van der Waals surface area contributed by atoms with E-state index in [0.717, 1.165) is 57.6 Å². The molecule has 3 rings (SSSR count). The number of methoxy groups -OCH3 is 1. The summed E-state index contributed by atoms with van der Waals surface area (Å²) in [7, 11) is 1.40. The van der Waals surface area contributed by atoms with Crippen LogP contribution in [0.25, 0.3) is 0 Å². The Morgan fingerprint density at radius 2 is 1.88 bits per heavy atom. The summed E-state index contributed by atoms with van der Waals surface area (Å²) in [4.78, 5) is 30.5. The average molecular weight is 349 g/mol. The molecule has 25 heavy (non-hydrogen) atoms. The molecule has 0 bridgehead atoms. The number of rotatable bonds is 1. The molecule has 2 saturated heterocycles. The Balaban J connectivity index is 1.56. The van der Waals surface area contributed by atoms with Gasteiger partial charge in [0.05, 0.1) is 13.0 Å². The quantitative estimate of drug-likeness (QED) is 0.712. The Kier molecular flexibility index (Phi) is 5.88. The van der Waals surface area contributed by atoms with Crippen molar-refractivity contribution in [2.75, 3.05) is 46.4 Å². The molecular formula is C17H27N5O3. The molecule has 0 aliphatic carbocycles. The molecule has 3 heterocycles. The first kappa shape index (κ1) is 17.7. The highest BCUT2D eigenvalue weighted by molar-refractivity contribution is 5.88. The summed E-state index contributed by atoms with van der Waals surface area (Å²) < 4.78 is 4.82. The fourth-order valence-corrected chi connectivity index (χ4v) is 3.69. The molecule has 0 radical (unpaired) electrons. The van der Waals surface area contributed by atoms with Gasteiger partial charge < -0.3 is 19.4 Å². The van der Waals surface area contributed by atoms with Crippen molar-refractivity contribution in [2.24, 2.45) is 16.1 Å². The number of nitrogens with zero attached hydrogens (tertiary/aromatic N) is 5. The van der Waals surface area contributed by atoms with Crippen LogP contribution in [0, 0.1) is 5.92 Å². The molecule has 1 atom stereocenters. The molecule has 8 heteroatoms. The van der Waals surface area contributed by atoms with Crippen LogP contribution in [-0.2, 0) is 9.53 Å². The minimum absolute atomic E-state index is 0.0135. The second-order valence-corrected chi connectivity index (χ2v) is 6.77. The van der Waals surface area contributed by atoms with Gasteiger partial charge in [-0.3, -0.25) is 4.79 Å². The van der Waals surface area contributed by atoms with E-state index in [4.69, 9.17) is 4.74 Å². The van der Waals surface area contributed by atoms with Gasteiger partial charge in [0, 0.05) is 51.9 Å². The van der Waals surface area contributed by atoms with Crippen LogP contribution in [0.4, 0.5) is 4.79 Å². The zero-order valence-electron chi connectivity index (χ0n) is 14.9. The fourth-order valence-electron chi connectivity index (χ4n) is 3.69. The Hall–Kier alpha value is -2.12. The zero-order chi connectivity index (χ0) is 17.6. The number of hydrogen-bond donors (Lipinski definition) is 0. The van der Waals surface area contributed by atoms with Gasteiger partial charge in [-0.25, -0.2) is 4.79 Å². The molecule has 0 aromatic rings. The van der Waals surface area contributed by atoms with Crippen LogP contribution in [-0.4, -0.2) is 85.1 Å². The van der Waals surface area contributed by atoms with Gasteiger partial charge >= 0.3 is 6.09 Å². The Bertz CT molecular complexity index is 562. The monoisotopic (exact) mass is 349 g/mol. The van der Waals surface area contributed by atoms with Gasteiger partial charge in [0.25, 0.3) is 0 Å². The average Bonchev–Trinajstić information content (AvgIpc) is 3.12. The predicted molar refractivity (Wildman–Crippen MR) is 94.6 cm³/mol. The molecule has 0 N–H and O–H groups in total. The standard InChI is InChI=1S/C17H27N5O3/c1-25-17(24)21-9-3-2-8-20(11-12-21)16(23)14-6-10-22(13-14)15-5-4-7-18-19-15/h7,14H,2-6,8-13H2,1H3. The van der Waals surface area contributed by atoms with Crippen LogP contribution in [0.1, 0.15) is 32.1 Å². The number of ether oxygens (including phenoxy) is 1. The second-order valence-electron chi connectivity index (χ2n) is 6.77. The van der Waals surface area contributed by atoms with Gasteiger partial charge in [-0.1, -0.05) is 0 Å². The van der Waals surface area contributed by atoms with Crippen molar-refractivity contribution >= 4 is 24.1 Å².